The third-order valence-electron chi connectivity index (χ3n) is 4.22. The molecular weight excluding hydrogens is 222 g/mol. The minimum atomic E-state index is 0.359. The molecule has 2 unspecified atom stereocenters. The lowest BCUT2D eigenvalue weighted by Crippen LogP contribution is -2.26. The van der Waals surface area contributed by atoms with Gasteiger partial charge in [0.15, 0.2) is 0 Å². The first-order valence-corrected chi connectivity index (χ1v) is 7.23. The van der Waals surface area contributed by atoms with Crippen LogP contribution in [0.25, 0.3) is 0 Å². The average molecular weight is 247 g/mol. The molecule has 0 bridgehead atoms. The van der Waals surface area contributed by atoms with Crippen LogP contribution in [0.1, 0.15) is 37.3 Å². The second-order valence-corrected chi connectivity index (χ2v) is 5.43. The minimum Gasteiger partial charge on any atom is -0.396 e. The summed E-state index contributed by atoms with van der Waals surface area (Å²) in [6.07, 6.45) is 4.86. The van der Waals surface area contributed by atoms with Crippen LogP contribution in [0.4, 0.5) is 0 Å². The highest BCUT2D eigenvalue weighted by Crippen LogP contribution is 2.30. The lowest BCUT2D eigenvalue weighted by Gasteiger charge is -2.17. The first kappa shape index (κ1) is 13.6. The predicted molar refractivity (Wildman–Crippen MR) is 75.4 cm³/mol. The van der Waals surface area contributed by atoms with E-state index in [2.05, 4.69) is 36.5 Å². The van der Waals surface area contributed by atoms with Gasteiger partial charge in [0.05, 0.1) is 0 Å². The van der Waals surface area contributed by atoms with E-state index in [1.54, 1.807) is 0 Å². The van der Waals surface area contributed by atoms with E-state index >= 15 is 0 Å². The number of aliphatic hydroxyl groups is 1. The zero-order valence-electron chi connectivity index (χ0n) is 11.4. The van der Waals surface area contributed by atoms with E-state index in [0.29, 0.717) is 18.4 Å². The molecule has 1 aliphatic rings. The first-order valence-electron chi connectivity index (χ1n) is 7.23. The fraction of sp³-hybridized carbons (Fsp3) is 0.625. The Morgan fingerprint density at radius 3 is 2.44 bits per heavy atom. The number of hydrogen-bond donors (Lipinski definition) is 2. The Balaban J connectivity index is 1.74. The molecule has 2 heteroatoms. The molecule has 0 aliphatic heterocycles. The molecule has 1 saturated carbocycles. The lowest BCUT2D eigenvalue weighted by molar-refractivity contribution is 0.192. The molecule has 1 aromatic carbocycles. The van der Waals surface area contributed by atoms with Crippen LogP contribution < -0.4 is 5.32 Å². The molecule has 2 N–H and O–H groups in total. The second kappa shape index (κ2) is 6.91. The summed E-state index contributed by atoms with van der Waals surface area (Å²) < 4.78 is 0. The Morgan fingerprint density at radius 2 is 1.78 bits per heavy atom. The van der Waals surface area contributed by atoms with Crippen molar-refractivity contribution in [1.82, 2.24) is 5.32 Å². The largest absolute Gasteiger partial charge is 0.396 e. The molecule has 1 fully saturated rings. The van der Waals surface area contributed by atoms with E-state index in [-0.39, 0.29) is 0 Å². The van der Waals surface area contributed by atoms with Gasteiger partial charge in [-0.25, -0.2) is 0 Å². The van der Waals surface area contributed by atoms with Gasteiger partial charge < -0.3 is 10.4 Å². The van der Waals surface area contributed by atoms with Gasteiger partial charge in [0, 0.05) is 13.2 Å². The molecule has 1 aromatic rings. The zero-order valence-corrected chi connectivity index (χ0v) is 11.4. The topological polar surface area (TPSA) is 32.3 Å². The van der Waals surface area contributed by atoms with E-state index in [4.69, 9.17) is 0 Å². The predicted octanol–water partition coefficient (Wildman–Crippen LogP) is 2.75. The maximum Gasteiger partial charge on any atom is 0.0462 e. The van der Waals surface area contributed by atoms with Gasteiger partial charge in [-0.2, -0.15) is 0 Å². The van der Waals surface area contributed by atoms with Gasteiger partial charge in [-0.15, -0.1) is 0 Å². The van der Waals surface area contributed by atoms with Gasteiger partial charge in [-0.1, -0.05) is 37.6 Å². The van der Waals surface area contributed by atoms with E-state index in [1.807, 2.05) is 0 Å². The van der Waals surface area contributed by atoms with Crippen LogP contribution in [-0.4, -0.2) is 18.3 Å². The molecule has 100 valence electrons. The van der Waals surface area contributed by atoms with Crippen molar-refractivity contribution >= 4 is 0 Å². The standard InChI is InChI=1S/C16H25NO/c1-2-13-6-8-14(9-7-13)10-17-11-15-4-3-5-16(15)12-18/h6-9,15-18H,2-5,10-12H2,1H3. The smallest absolute Gasteiger partial charge is 0.0462 e. The van der Waals surface area contributed by atoms with E-state index in [0.717, 1.165) is 19.5 Å². The Morgan fingerprint density at radius 1 is 1.11 bits per heavy atom. The third-order valence-corrected chi connectivity index (χ3v) is 4.22. The van der Waals surface area contributed by atoms with Crippen molar-refractivity contribution in [1.29, 1.82) is 0 Å². The van der Waals surface area contributed by atoms with E-state index in [1.165, 1.54) is 30.4 Å². The number of nitrogens with one attached hydrogen (secondary N) is 1. The summed E-state index contributed by atoms with van der Waals surface area (Å²) in [6.45, 7) is 4.53. The van der Waals surface area contributed by atoms with Crippen molar-refractivity contribution in [3.05, 3.63) is 35.4 Å². The molecular formula is C16H25NO. The van der Waals surface area contributed by atoms with Crippen molar-refractivity contribution in [3.63, 3.8) is 0 Å². The van der Waals surface area contributed by atoms with Crippen LogP contribution in [0, 0.1) is 11.8 Å². The molecule has 0 spiro atoms. The summed E-state index contributed by atoms with van der Waals surface area (Å²) in [5.74, 6) is 1.20. The van der Waals surface area contributed by atoms with E-state index < -0.39 is 0 Å². The minimum absolute atomic E-state index is 0.359. The molecule has 0 aromatic heterocycles. The zero-order chi connectivity index (χ0) is 12.8. The highest BCUT2D eigenvalue weighted by molar-refractivity contribution is 5.22. The fourth-order valence-corrected chi connectivity index (χ4v) is 2.92. The second-order valence-electron chi connectivity index (χ2n) is 5.43. The number of aryl methyl sites for hydroxylation is 1. The van der Waals surface area contributed by atoms with Crippen molar-refractivity contribution in [2.24, 2.45) is 11.8 Å². The van der Waals surface area contributed by atoms with Crippen molar-refractivity contribution in [3.8, 4) is 0 Å². The first-order chi connectivity index (χ1) is 8.83. The SMILES string of the molecule is CCc1ccc(CNCC2CCCC2CO)cc1. The third kappa shape index (κ3) is 3.56. The number of hydrogen-bond acceptors (Lipinski definition) is 2. The van der Waals surface area contributed by atoms with Gasteiger partial charge in [0.25, 0.3) is 0 Å². The van der Waals surface area contributed by atoms with Crippen LogP contribution in [0.2, 0.25) is 0 Å². The summed E-state index contributed by atoms with van der Waals surface area (Å²) in [4.78, 5) is 0. The summed E-state index contributed by atoms with van der Waals surface area (Å²) in [6, 6.07) is 8.85. The lowest BCUT2D eigenvalue weighted by atomic mass is 9.97. The number of aliphatic hydroxyl groups excluding tert-OH is 1. The Bertz CT molecular complexity index is 347. The van der Waals surface area contributed by atoms with Gasteiger partial charge in [0.1, 0.15) is 0 Å². The summed E-state index contributed by atoms with van der Waals surface area (Å²) in [5, 5.41) is 12.8. The fourth-order valence-electron chi connectivity index (χ4n) is 2.92. The van der Waals surface area contributed by atoms with Crippen LogP contribution >= 0.6 is 0 Å². The number of rotatable bonds is 6. The number of benzene rings is 1. The van der Waals surface area contributed by atoms with Crippen molar-refractivity contribution < 1.29 is 5.11 Å². The Kier molecular flexibility index (Phi) is 5.21. The molecule has 2 nitrogen and oxygen atoms in total. The van der Waals surface area contributed by atoms with E-state index in [9.17, 15) is 5.11 Å². The van der Waals surface area contributed by atoms with Crippen molar-refractivity contribution in [2.75, 3.05) is 13.2 Å². The maximum absolute atomic E-state index is 9.28. The normalized spacial score (nSPS) is 23.4. The summed E-state index contributed by atoms with van der Waals surface area (Å²) in [5.41, 5.74) is 2.75. The molecule has 18 heavy (non-hydrogen) atoms. The van der Waals surface area contributed by atoms with Crippen LogP contribution in [-0.2, 0) is 13.0 Å². The van der Waals surface area contributed by atoms with Gasteiger partial charge >= 0.3 is 0 Å². The molecule has 2 rings (SSSR count). The van der Waals surface area contributed by atoms with Gasteiger partial charge in [-0.3, -0.25) is 0 Å². The Hall–Kier alpha value is -0.860. The summed E-state index contributed by atoms with van der Waals surface area (Å²) >= 11 is 0. The molecule has 0 saturated heterocycles. The highest BCUT2D eigenvalue weighted by atomic mass is 16.3. The van der Waals surface area contributed by atoms with Crippen LogP contribution in [0.3, 0.4) is 0 Å². The van der Waals surface area contributed by atoms with Gasteiger partial charge in [-0.05, 0) is 48.8 Å². The van der Waals surface area contributed by atoms with Crippen LogP contribution in [0.5, 0.6) is 0 Å². The molecule has 1 aliphatic carbocycles. The highest BCUT2D eigenvalue weighted by Gasteiger charge is 2.25. The Labute approximate surface area is 110 Å². The molecule has 2 atom stereocenters. The van der Waals surface area contributed by atoms with Crippen molar-refractivity contribution in [2.45, 2.75) is 39.2 Å². The molecule has 0 heterocycles. The monoisotopic (exact) mass is 247 g/mol. The maximum atomic E-state index is 9.28. The quantitative estimate of drug-likeness (QED) is 0.810. The average Bonchev–Trinajstić information content (AvgIpc) is 2.87. The van der Waals surface area contributed by atoms with Gasteiger partial charge in [0.2, 0.25) is 0 Å². The molecule has 0 amide bonds. The van der Waals surface area contributed by atoms with Crippen LogP contribution in [0.15, 0.2) is 24.3 Å². The summed E-state index contributed by atoms with van der Waals surface area (Å²) in [7, 11) is 0. The molecule has 0 radical (unpaired) electrons.